The fraction of sp³-hybridized carbons (Fsp3) is 0.214. The zero-order chi connectivity index (χ0) is 14.4. The van der Waals surface area contributed by atoms with Gasteiger partial charge in [-0.1, -0.05) is 6.92 Å². The van der Waals surface area contributed by atoms with Crippen molar-refractivity contribution in [3.05, 3.63) is 48.2 Å². The van der Waals surface area contributed by atoms with Crippen LogP contribution in [0.3, 0.4) is 0 Å². The van der Waals surface area contributed by atoms with Crippen molar-refractivity contribution in [1.82, 2.24) is 9.97 Å². The normalized spacial score (nSPS) is 10.1. The molecule has 104 valence electrons. The van der Waals surface area contributed by atoms with Gasteiger partial charge in [0, 0.05) is 18.3 Å². The first-order valence-corrected chi connectivity index (χ1v) is 6.32. The van der Waals surface area contributed by atoms with Crippen molar-refractivity contribution >= 4 is 17.4 Å². The molecule has 0 bridgehead atoms. The zero-order valence-corrected chi connectivity index (χ0v) is 11.1. The summed E-state index contributed by atoms with van der Waals surface area (Å²) < 4.78 is 12.8. The van der Waals surface area contributed by atoms with Crippen molar-refractivity contribution in [2.45, 2.75) is 13.3 Å². The summed E-state index contributed by atoms with van der Waals surface area (Å²) in [6, 6.07) is 7.12. The predicted octanol–water partition coefficient (Wildman–Crippen LogP) is 2.69. The van der Waals surface area contributed by atoms with E-state index in [4.69, 9.17) is 0 Å². The van der Waals surface area contributed by atoms with E-state index in [1.807, 2.05) is 6.92 Å². The summed E-state index contributed by atoms with van der Waals surface area (Å²) in [6.07, 6.45) is 2.29. The second-order valence-electron chi connectivity index (χ2n) is 4.18. The molecule has 1 aromatic heterocycles. The zero-order valence-electron chi connectivity index (χ0n) is 11.1. The third-order valence-electron chi connectivity index (χ3n) is 2.56. The Morgan fingerprint density at radius 3 is 2.70 bits per heavy atom. The van der Waals surface area contributed by atoms with Gasteiger partial charge in [-0.25, -0.2) is 14.4 Å². The number of hydrogen-bond acceptors (Lipinski definition) is 4. The van der Waals surface area contributed by atoms with Gasteiger partial charge >= 0.3 is 0 Å². The molecule has 1 amide bonds. The van der Waals surface area contributed by atoms with Gasteiger partial charge in [-0.15, -0.1) is 0 Å². The lowest BCUT2D eigenvalue weighted by Crippen LogP contribution is -2.14. The molecule has 0 fully saturated rings. The number of aromatic nitrogens is 2. The number of nitrogens with one attached hydrogen (secondary N) is 2. The third-order valence-corrected chi connectivity index (χ3v) is 2.56. The molecule has 0 radical (unpaired) electrons. The predicted molar refractivity (Wildman–Crippen MR) is 75.2 cm³/mol. The molecular weight excluding hydrogens is 259 g/mol. The fourth-order valence-electron chi connectivity index (χ4n) is 1.56. The molecule has 0 aliphatic carbocycles. The molecule has 0 saturated heterocycles. The first-order chi connectivity index (χ1) is 9.69. The van der Waals surface area contributed by atoms with Crippen LogP contribution in [0.1, 0.15) is 23.8 Å². The van der Waals surface area contributed by atoms with Gasteiger partial charge < -0.3 is 10.6 Å². The van der Waals surface area contributed by atoms with E-state index >= 15 is 0 Å². The Labute approximate surface area is 116 Å². The van der Waals surface area contributed by atoms with Crippen LogP contribution in [-0.4, -0.2) is 22.4 Å². The van der Waals surface area contributed by atoms with Crippen LogP contribution >= 0.6 is 0 Å². The minimum absolute atomic E-state index is 0.253. The monoisotopic (exact) mass is 274 g/mol. The lowest BCUT2D eigenvalue weighted by Gasteiger charge is -2.06. The highest BCUT2D eigenvalue weighted by molar-refractivity contribution is 6.03. The number of rotatable bonds is 5. The minimum atomic E-state index is -0.362. The maximum absolute atomic E-state index is 12.8. The molecule has 0 atom stereocenters. The lowest BCUT2D eigenvalue weighted by molar-refractivity contribution is 0.102. The fourth-order valence-corrected chi connectivity index (χ4v) is 1.56. The molecule has 6 heteroatoms. The van der Waals surface area contributed by atoms with Crippen molar-refractivity contribution in [3.63, 3.8) is 0 Å². The molecular formula is C14H15FN4O. The van der Waals surface area contributed by atoms with Crippen molar-refractivity contribution in [2.75, 3.05) is 17.2 Å². The molecule has 0 aliphatic rings. The summed E-state index contributed by atoms with van der Waals surface area (Å²) in [6.45, 7) is 2.81. The van der Waals surface area contributed by atoms with E-state index in [9.17, 15) is 9.18 Å². The molecule has 20 heavy (non-hydrogen) atoms. The van der Waals surface area contributed by atoms with Crippen LogP contribution < -0.4 is 10.6 Å². The molecule has 5 nitrogen and oxygen atoms in total. The summed E-state index contributed by atoms with van der Waals surface area (Å²) in [5, 5.41) is 5.73. The molecule has 2 rings (SSSR count). The number of amides is 1. The Hall–Kier alpha value is -2.50. The van der Waals surface area contributed by atoms with Crippen molar-refractivity contribution in [3.8, 4) is 0 Å². The Morgan fingerprint density at radius 1 is 1.25 bits per heavy atom. The number of hydrogen-bond donors (Lipinski definition) is 2. The average Bonchev–Trinajstić information content (AvgIpc) is 2.48. The molecule has 0 saturated carbocycles. The third kappa shape index (κ3) is 3.74. The highest BCUT2D eigenvalue weighted by Gasteiger charge is 2.09. The van der Waals surface area contributed by atoms with Crippen LogP contribution in [-0.2, 0) is 0 Å². The van der Waals surface area contributed by atoms with Crippen LogP contribution in [0.5, 0.6) is 0 Å². The van der Waals surface area contributed by atoms with Gasteiger partial charge in [0.15, 0.2) is 0 Å². The average molecular weight is 274 g/mol. The standard InChI is InChI=1S/C14H15FN4O/c1-2-7-16-13-8-12(17-9-18-13)14(20)19-11-5-3-10(15)4-6-11/h3-6,8-9H,2,7H2,1H3,(H,19,20)(H,16,17,18). The van der Waals surface area contributed by atoms with Crippen LogP contribution in [0, 0.1) is 5.82 Å². The van der Waals surface area contributed by atoms with Crippen molar-refractivity contribution < 1.29 is 9.18 Å². The number of benzene rings is 1. The van der Waals surface area contributed by atoms with Crippen LogP contribution in [0.4, 0.5) is 15.9 Å². The van der Waals surface area contributed by atoms with E-state index in [0.717, 1.165) is 13.0 Å². The topological polar surface area (TPSA) is 66.9 Å². The molecule has 1 heterocycles. The van der Waals surface area contributed by atoms with Gasteiger partial charge in [0.05, 0.1) is 0 Å². The Bertz CT molecular complexity index is 586. The van der Waals surface area contributed by atoms with E-state index in [0.29, 0.717) is 11.5 Å². The lowest BCUT2D eigenvalue weighted by atomic mass is 10.3. The van der Waals surface area contributed by atoms with E-state index in [2.05, 4.69) is 20.6 Å². The molecule has 1 aromatic carbocycles. The van der Waals surface area contributed by atoms with Crippen LogP contribution in [0.25, 0.3) is 0 Å². The van der Waals surface area contributed by atoms with E-state index in [1.165, 1.54) is 30.6 Å². The maximum Gasteiger partial charge on any atom is 0.274 e. The summed E-state index contributed by atoms with van der Waals surface area (Å²) in [5.41, 5.74) is 0.765. The van der Waals surface area contributed by atoms with Gasteiger partial charge in [0.2, 0.25) is 0 Å². The second kappa shape index (κ2) is 6.60. The molecule has 2 N–H and O–H groups in total. The first-order valence-electron chi connectivity index (χ1n) is 6.32. The van der Waals surface area contributed by atoms with Crippen molar-refractivity contribution in [2.24, 2.45) is 0 Å². The first kappa shape index (κ1) is 13.9. The van der Waals surface area contributed by atoms with Crippen LogP contribution in [0.2, 0.25) is 0 Å². The highest BCUT2D eigenvalue weighted by atomic mass is 19.1. The number of halogens is 1. The van der Waals surface area contributed by atoms with Gasteiger partial charge in [0.25, 0.3) is 5.91 Å². The van der Waals surface area contributed by atoms with E-state index in [-0.39, 0.29) is 17.4 Å². The summed E-state index contributed by atoms with van der Waals surface area (Å²) in [5.74, 6) is -0.110. The maximum atomic E-state index is 12.8. The van der Waals surface area contributed by atoms with Gasteiger partial charge in [-0.2, -0.15) is 0 Å². The van der Waals surface area contributed by atoms with Crippen LogP contribution in [0.15, 0.2) is 36.7 Å². The Kier molecular flexibility index (Phi) is 4.60. The highest BCUT2D eigenvalue weighted by Crippen LogP contribution is 2.11. The summed E-state index contributed by atoms with van der Waals surface area (Å²) in [4.78, 5) is 20.0. The van der Waals surface area contributed by atoms with Gasteiger partial charge in [-0.05, 0) is 30.7 Å². The van der Waals surface area contributed by atoms with Crippen molar-refractivity contribution in [1.29, 1.82) is 0 Å². The quantitative estimate of drug-likeness (QED) is 0.879. The molecule has 0 unspecified atom stereocenters. The molecule has 0 spiro atoms. The van der Waals surface area contributed by atoms with E-state index < -0.39 is 0 Å². The Morgan fingerprint density at radius 2 is 2.00 bits per heavy atom. The molecule has 0 aliphatic heterocycles. The number of nitrogens with zero attached hydrogens (tertiary/aromatic N) is 2. The smallest absolute Gasteiger partial charge is 0.274 e. The largest absolute Gasteiger partial charge is 0.370 e. The SMILES string of the molecule is CCCNc1cc(C(=O)Nc2ccc(F)cc2)ncn1. The number of carbonyl (C=O) groups excluding carboxylic acids is 1. The summed E-state index contributed by atoms with van der Waals surface area (Å²) in [7, 11) is 0. The number of carbonyl (C=O) groups is 1. The summed E-state index contributed by atoms with van der Waals surface area (Å²) >= 11 is 0. The van der Waals surface area contributed by atoms with Gasteiger partial charge in [-0.3, -0.25) is 4.79 Å². The minimum Gasteiger partial charge on any atom is -0.370 e. The van der Waals surface area contributed by atoms with Gasteiger partial charge in [0.1, 0.15) is 23.7 Å². The second-order valence-corrected chi connectivity index (χ2v) is 4.18. The van der Waals surface area contributed by atoms with E-state index in [1.54, 1.807) is 6.07 Å². The molecule has 2 aromatic rings. The Balaban J connectivity index is 2.06. The number of anilines is 2.